The zero-order valence-electron chi connectivity index (χ0n) is 17.8. The Morgan fingerprint density at radius 3 is 2.61 bits per heavy atom. The number of rotatable bonds is 3. The van der Waals surface area contributed by atoms with E-state index in [1.54, 1.807) is 43.1 Å². The van der Waals surface area contributed by atoms with Gasteiger partial charge in [-0.05, 0) is 42.0 Å². The molecule has 3 heterocycles. The van der Waals surface area contributed by atoms with Gasteiger partial charge in [-0.25, -0.2) is 23.5 Å². The molecule has 0 bridgehead atoms. The molecule has 2 aromatic carbocycles. The van der Waals surface area contributed by atoms with E-state index in [1.807, 2.05) is 0 Å². The van der Waals surface area contributed by atoms with E-state index in [0.717, 1.165) is 0 Å². The summed E-state index contributed by atoms with van der Waals surface area (Å²) in [4.78, 5) is 24.1. The summed E-state index contributed by atoms with van der Waals surface area (Å²) in [5.74, 6) is -0.742. The summed E-state index contributed by atoms with van der Waals surface area (Å²) in [6.07, 6.45) is 3.10. The maximum absolute atomic E-state index is 15.3. The van der Waals surface area contributed by atoms with Crippen LogP contribution in [-0.4, -0.2) is 39.1 Å². The van der Waals surface area contributed by atoms with Crippen molar-refractivity contribution in [3.05, 3.63) is 71.1 Å². The minimum Gasteiger partial charge on any atom is -0.383 e. The maximum atomic E-state index is 15.3. The first-order valence-corrected chi connectivity index (χ1v) is 10.5. The van der Waals surface area contributed by atoms with Gasteiger partial charge in [0.15, 0.2) is 0 Å². The first-order chi connectivity index (χ1) is 15.7. The van der Waals surface area contributed by atoms with E-state index in [2.05, 4.69) is 9.97 Å². The van der Waals surface area contributed by atoms with Crippen LogP contribution >= 0.6 is 11.6 Å². The van der Waals surface area contributed by atoms with Gasteiger partial charge in [0.05, 0.1) is 18.0 Å². The molecule has 10 heteroatoms. The van der Waals surface area contributed by atoms with Crippen molar-refractivity contribution in [1.29, 1.82) is 0 Å². The van der Waals surface area contributed by atoms with Crippen LogP contribution in [0.3, 0.4) is 0 Å². The number of aryl methyl sites for hydroxylation is 1. The van der Waals surface area contributed by atoms with Crippen molar-refractivity contribution in [2.75, 3.05) is 24.2 Å². The minimum atomic E-state index is -0.518. The highest BCUT2D eigenvalue weighted by Gasteiger charge is 2.37. The zero-order chi connectivity index (χ0) is 23.4. The third-order valence-electron chi connectivity index (χ3n) is 5.96. The molecule has 1 atom stereocenters. The predicted molar refractivity (Wildman–Crippen MR) is 123 cm³/mol. The number of benzene rings is 2. The van der Waals surface area contributed by atoms with Crippen molar-refractivity contribution >= 4 is 40.2 Å². The molecule has 0 aliphatic carbocycles. The van der Waals surface area contributed by atoms with E-state index in [-0.39, 0.29) is 23.4 Å². The van der Waals surface area contributed by atoms with Gasteiger partial charge in [0.1, 0.15) is 29.4 Å². The lowest BCUT2D eigenvalue weighted by molar-refractivity contribution is 0.219. The summed E-state index contributed by atoms with van der Waals surface area (Å²) in [5, 5.41) is 0.810. The zero-order valence-corrected chi connectivity index (χ0v) is 18.5. The Balaban J connectivity index is 1.51. The molecule has 2 N–H and O–H groups in total. The molecule has 7 nitrogen and oxygen atoms in total. The van der Waals surface area contributed by atoms with Gasteiger partial charge >= 0.3 is 6.03 Å². The van der Waals surface area contributed by atoms with Gasteiger partial charge in [-0.2, -0.15) is 0 Å². The Labute approximate surface area is 193 Å². The highest BCUT2D eigenvalue weighted by molar-refractivity contribution is 6.30. The third kappa shape index (κ3) is 3.45. The number of urea groups is 1. The molecule has 1 aliphatic heterocycles. The van der Waals surface area contributed by atoms with E-state index >= 15 is 4.39 Å². The van der Waals surface area contributed by atoms with Crippen LogP contribution in [0.5, 0.6) is 0 Å². The van der Waals surface area contributed by atoms with Crippen LogP contribution in [0.2, 0.25) is 5.02 Å². The molecule has 0 saturated carbocycles. The molecule has 4 aromatic rings. The van der Waals surface area contributed by atoms with Gasteiger partial charge in [0.25, 0.3) is 0 Å². The molecule has 0 radical (unpaired) electrons. The van der Waals surface area contributed by atoms with Gasteiger partial charge in [-0.3, -0.25) is 4.90 Å². The van der Waals surface area contributed by atoms with E-state index < -0.39 is 17.7 Å². The van der Waals surface area contributed by atoms with Crippen LogP contribution in [0.25, 0.3) is 22.2 Å². The monoisotopic (exact) mass is 468 g/mol. The molecule has 5 rings (SSSR count). The van der Waals surface area contributed by atoms with Crippen molar-refractivity contribution < 1.29 is 13.6 Å². The number of fused-ring (bicyclic) bond motifs is 1. The molecule has 2 aromatic heterocycles. The molecule has 1 unspecified atom stereocenters. The molecule has 1 saturated heterocycles. The number of halogens is 3. The number of amides is 2. The Morgan fingerprint density at radius 1 is 1.09 bits per heavy atom. The summed E-state index contributed by atoms with van der Waals surface area (Å²) < 4.78 is 30.9. The van der Waals surface area contributed by atoms with Gasteiger partial charge in [0.2, 0.25) is 0 Å². The molecule has 0 spiro atoms. The lowest BCUT2D eigenvalue weighted by Gasteiger charge is -2.18. The number of aromatic nitrogens is 3. The number of carbonyl (C=O) groups is 1. The Bertz CT molecular complexity index is 1400. The van der Waals surface area contributed by atoms with Crippen LogP contribution in [0, 0.1) is 11.6 Å². The minimum absolute atomic E-state index is 0.225. The standard InChI is InChI=1S/C23H19ClF2N6O/c1-30-9-17(20-21(27)28-11-29-22(20)30)16-4-3-15(8-18(16)26)32-10-19(31(2)23(32)33)12-5-13(24)7-14(25)6-12/h3-9,11,19H,10H2,1-2H3,(H2,27,28,29). The van der Waals surface area contributed by atoms with Gasteiger partial charge in [-0.15, -0.1) is 0 Å². The van der Waals surface area contributed by atoms with Crippen LogP contribution in [0.4, 0.5) is 25.1 Å². The van der Waals surface area contributed by atoms with E-state index in [1.165, 1.54) is 34.3 Å². The van der Waals surface area contributed by atoms with E-state index in [9.17, 15) is 9.18 Å². The third-order valence-corrected chi connectivity index (χ3v) is 6.18. The van der Waals surface area contributed by atoms with E-state index in [0.29, 0.717) is 33.4 Å². The van der Waals surface area contributed by atoms with E-state index in [4.69, 9.17) is 17.3 Å². The van der Waals surface area contributed by atoms with Crippen LogP contribution < -0.4 is 10.6 Å². The second-order valence-electron chi connectivity index (χ2n) is 8.00. The first kappa shape index (κ1) is 21.1. The number of anilines is 2. The van der Waals surface area contributed by atoms with Crippen molar-refractivity contribution in [2.45, 2.75) is 6.04 Å². The van der Waals surface area contributed by atoms with Crippen LogP contribution in [-0.2, 0) is 7.05 Å². The molecule has 33 heavy (non-hydrogen) atoms. The molecular weight excluding hydrogens is 450 g/mol. The smallest absolute Gasteiger partial charge is 0.324 e. The quantitative estimate of drug-likeness (QED) is 0.470. The number of nitrogen functional groups attached to an aromatic ring is 1. The second-order valence-corrected chi connectivity index (χ2v) is 8.43. The van der Waals surface area contributed by atoms with Crippen LogP contribution in [0.1, 0.15) is 11.6 Å². The van der Waals surface area contributed by atoms with Gasteiger partial charge in [-0.1, -0.05) is 11.6 Å². The highest BCUT2D eigenvalue weighted by Crippen LogP contribution is 2.37. The molecular formula is C23H19ClF2N6O. The summed E-state index contributed by atoms with van der Waals surface area (Å²) in [6, 6.07) is 8.01. The summed E-state index contributed by atoms with van der Waals surface area (Å²) in [5.41, 5.74) is 8.47. The Kier molecular flexibility index (Phi) is 4.93. The highest BCUT2D eigenvalue weighted by atomic mass is 35.5. The average Bonchev–Trinajstić information content (AvgIpc) is 3.25. The molecule has 1 aliphatic rings. The fourth-order valence-corrected chi connectivity index (χ4v) is 4.57. The maximum Gasteiger partial charge on any atom is 0.324 e. The molecule has 2 amide bonds. The number of hydrogen-bond donors (Lipinski definition) is 1. The molecule has 168 valence electrons. The van der Waals surface area contributed by atoms with Crippen molar-refractivity contribution in [2.24, 2.45) is 7.05 Å². The largest absolute Gasteiger partial charge is 0.383 e. The number of nitrogens with zero attached hydrogens (tertiary/aromatic N) is 5. The molecule has 1 fully saturated rings. The average molecular weight is 469 g/mol. The Morgan fingerprint density at radius 2 is 1.88 bits per heavy atom. The fourth-order valence-electron chi connectivity index (χ4n) is 4.34. The lowest BCUT2D eigenvalue weighted by atomic mass is 10.0. The summed E-state index contributed by atoms with van der Waals surface area (Å²) in [7, 11) is 3.41. The van der Waals surface area contributed by atoms with Gasteiger partial charge in [0, 0.05) is 42.1 Å². The predicted octanol–water partition coefficient (Wildman–Crippen LogP) is 4.76. The van der Waals surface area contributed by atoms with Gasteiger partial charge < -0.3 is 15.2 Å². The van der Waals surface area contributed by atoms with Crippen LogP contribution in [0.15, 0.2) is 48.9 Å². The van der Waals surface area contributed by atoms with Crippen molar-refractivity contribution in [3.8, 4) is 11.1 Å². The SMILES string of the molecule is CN1C(=O)N(c2ccc(-c3cn(C)c4ncnc(N)c34)c(F)c2)CC1c1cc(F)cc(Cl)c1. The fraction of sp³-hybridized carbons (Fsp3) is 0.174. The number of nitrogens with two attached hydrogens (primary N) is 1. The number of likely N-dealkylation sites (N-methyl/N-ethyl adjacent to an activating group) is 1. The lowest BCUT2D eigenvalue weighted by Crippen LogP contribution is -2.29. The first-order valence-electron chi connectivity index (χ1n) is 10.1. The summed E-state index contributed by atoms with van der Waals surface area (Å²) in [6.45, 7) is 0.225. The normalized spacial score (nSPS) is 16.3. The second kappa shape index (κ2) is 7.70. The topological polar surface area (TPSA) is 80.3 Å². The van der Waals surface area contributed by atoms with Crippen molar-refractivity contribution in [3.63, 3.8) is 0 Å². The number of hydrogen-bond acceptors (Lipinski definition) is 4. The van der Waals surface area contributed by atoms with Crippen molar-refractivity contribution in [1.82, 2.24) is 19.4 Å². The summed E-state index contributed by atoms with van der Waals surface area (Å²) >= 11 is 5.99. The Hall–Kier alpha value is -3.72. The number of carbonyl (C=O) groups excluding carboxylic acids is 1.